The molecule has 0 aliphatic carbocycles. The summed E-state index contributed by atoms with van der Waals surface area (Å²) >= 11 is 2.74. The Hall–Kier alpha value is -2.36. The summed E-state index contributed by atoms with van der Waals surface area (Å²) in [5.41, 5.74) is 1.72. The molecule has 0 saturated heterocycles. The summed E-state index contributed by atoms with van der Waals surface area (Å²) in [5, 5.41) is 6.94. The molecular formula is C19H23N5O2S2. The zero-order valence-electron chi connectivity index (χ0n) is 16.3. The highest BCUT2D eigenvalue weighted by Gasteiger charge is 2.20. The van der Waals surface area contributed by atoms with Gasteiger partial charge in [0.15, 0.2) is 0 Å². The van der Waals surface area contributed by atoms with E-state index in [-0.39, 0.29) is 11.4 Å². The van der Waals surface area contributed by atoms with E-state index in [4.69, 9.17) is 4.74 Å². The molecule has 0 saturated carbocycles. The first-order valence-electron chi connectivity index (χ1n) is 8.79. The quantitative estimate of drug-likeness (QED) is 0.619. The fourth-order valence-electron chi connectivity index (χ4n) is 2.41. The van der Waals surface area contributed by atoms with Gasteiger partial charge in [-0.2, -0.15) is 4.37 Å². The minimum Gasteiger partial charge on any atom is -0.378 e. The number of methoxy groups -OCH3 is 1. The molecule has 1 aromatic carbocycles. The molecule has 9 heteroatoms. The molecule has 0 unspecified atom stereocenters. The van der Waals surface area contributed by atoms with Gasteiger partial charge in [0.1, 0.15) is 10.8 Å². The van der Waals surface area contributed by atoms with Gasteiger partial charge in [-0.3, -0.25) is 5.32 Å². The molecule has 0 atom stereocenters. The molecule has 0 fully saturated rings. The van der Waals surface area contributed by atoms with Crippen molar-refractivity contribution >= 4 is 34.0 Å². The van der Waals surface area contributed by atoms with E-state index < -0.39 is 0 Å². The molecule has 0 spiro atoms. The smallest absolute Gasteiger partial charge is 0.321 e. The first-order valence-corrected chi connectivity index (χ1v) is 10.4. The van der Waals surface area contributed by atoms with Crippen molar-refractivity contribution < 1.29 is 9.53 Å². The number of ether oxygens (including phenoxy) is 1. The van der Waals surface area contributed by atoms with Crippen LogP contribution in [0.2, 0.25) is 0 Å². The highest BCUT2D eigenvalue weighted by Crippen LogP contribution is 2.30. The fraction of sp³-hybridized carbons (Fsp3) is 0.368. The van der Waals surface area contributed by atoms with Gasteiger partial charge in [0, 0.05) is 24.1 Å². The number of rotatable bonds is 6. The Balaban J connectivity index is 1.68. The second-order valence-corrected chi connectivity index (χ2v) is 9.00. The number of thiazole rings is 1. The van der Waals surface area contributed by atoms with E-state index in [1.165, 1.54) is 11.5 Å². The monoisotopic (exact) mass is 417 g/mol. The zero-order valence-corrected chi connectivity index (χ0v) is 17.9. The molecule has 0 bridgehead atoms. The molecular weight excluding hydrogens is 394 g/mol. The largest absolute Gasteiger partial charge is 0.378 e. The number of carbonyl (C=O) groups is 1. The van der Waals surface area contributed by atoms with Crippen LogP contribution in [0.5, 0.6) is 0 Å². The van der Waals surface area contributed by atoms with Gasteiger partial charge in [-0.1, -0.05) is 51.1 Å². The van der Waals surface area contributed by atoms with Crippen molar-refractivity contribution in [3.8, 4) is 10.4 Å². The van der Waals surface area contributed by atoms with Gasteiger partial charge in [-0.15, -0.1) is 11.3 Å². The number of anilines is 1. The van der Waals surface area contributed by atoms with E-state index in [2.05, 4.69) is 25.0 Å². The average Bonchev–Trinajstić information content (AvgIpc) is 3.28. The second kappa shape index (κ2) is 8.76. The Morgan fingerprint density at radius 2 is 1.93 bits per heavy atom. The number of nitrogens with one attached hydrogen (secondary N) is 2. The lowest BCUT2D eigenvalue weighted by Gasteiger charge is -2.12. The van der Waals surface area contributed by atoms with Crippen LogP contribution in [0, 0.1) is 0 Å². The maximum Gasteiger partial charge on any atom is 0.321 e. The summed E-state index contributed by atoms with van der Waals surface area (Å²) in [6.45, 7) is 6.84. The van der Waals surface area contributed by atoms with Gasteiger partial charge in [0.05, 0.1) is 23.7 Å². The van der Waals surface area contributed by atoms with Gasteiger partial charge < -0.3 is 10.1 Å². The molecule has 0 aliphatic rings. The first kappa shape index (κ1) is 20.4. The third-order valence-corrected chi connectivity index (χ3v) is 5.53. The predicted octanol–water partition coefficient (Wildman–Crippen LogP) is 4.43. The summed E-state index contributed by atoms with van der Waals surface area (Å²) in [4.78, 5) is 22.3. The van der Waals surface area contributed by atoms with Crippen LogP contribution in [0.4, 0.5) is 9.93 Å². The molecule has 3 aromatic rings. The molecule has 2 aromatic heterocycles. The van der Waals surface area contributed by atoms with Crippen molar-refractivity contribution in [1.29, 1.82) is 0 Å². The summed E-state index contributed by atoms with van der Waals surface area (Å²) in [5.74, 6) is 0.711. The summed E-state index contributed by atoms with van der Waals surface area (Å²) in [7, 11) is 1.64. The number of hydrogen-bond donors (Lipinski definition) is 2. The van der Waals surface area contributed by atoms with E-state index in [1.807, 2.05) is 51.1 Å². The van der Waals surface area contributed by atoms with Gasteiger partial charge in [0.25, 0.3) is 0 Å². The Morgan fingerprint density at radius 1 is 1.18 bits per heavy atom. The summed E-state index contributed by atoms with van der Waals surface area (Å²) in [6.07, 6.45) is 0. The molecule has 28 heavy (non-hydrogen) atoms. The number of aromatic nitrogens is 3. The molecule has 148 valence electrons. The number of hydrogen-bond acceptors (Lipinski definition) is 7. The summed E-state index contributed by atoms with van der Waals surface area (Å²) < 4.78 is 9.50. The van der Waals surface area contributed by atoms with Gasteiger partial charge >= 0.3 is 6.03 Å². The Morgan fingerprint density at radius 3 is 2.57 bits per heavy atom. The molecule has 2 amide bonds. The standard InChI is InChI=1S/C19H23N5O2S2/c1-19(2,3)16-22-18(28-24-16)23-17(25)20-10-13-15(12-8-6-5-7-9-12)27-14(21-13)11-26-4/h5-9H,10-11H2,1-4H3,(H2,20,22,23,24,25). The van der Waals surface area contributed by atoms with Crippen LogP contribution in [0.3, 0.4) is 0 Å². The lowest BCUT2D eigenvalue weighted by Crippen LogP contribution is -2.28. The van der Waals surface area contributed by atoms with Crippen molar-refractivity contribution in [2.75, 3.05) is 12.4 Å². The minimum absolute atomic E-state index is 0.157. The molecule has 7 nitrogen and oxygen atoms in total. The lowest BCUT2D eigenvalue weighted by molar-refractivity contribution is 0.184. The molecule has 0 aliphatic heterocycles. The average molecular weight is 418 g/mol. The predicted molar refractivity (Wildman–Crippen MR) is 113 cm³/mol. The maximum absolute atomic E-state index is 12.3. The fourth-order valence-corrected chi connectivity index (χ4v) is 4.22. The molecule has 0 radical (unpaired) electrons. The van der Waals surface area contributed by atoms with Crippen LogP contribution >= 0.6 is 22.9 Å². The number of carbonyl (C=O) groups excluding carboxylic acids is 1. The SMILES string of the molecule is COCc1nc(CNC(=O)Nc2nc(C(C)(C)C)ns2)c(-c2ccccc2)s1. The van der Waals surface area contributed by atoms with Crippen molar-refractivity contribution in [1.82, 2.24) is 19.7 Å². The topological polar surface area (TPSA) is 89.0 Å². The van der Waals surface area contributed by atoms with Crippen molar-refractivity contribution in [3.63, 3.8) is 0 Å². The number of nitrogens with zero attached hydrogens (tertiary/aromatic N) is 3. The van der Waals surface area contributed by atoms with Crippen LogP contribution in [0.1, 0.15) is 37.3 Å². The normalized spacial score (nSPS) is 11.4. The Kier molecular flexibility index (Phi) is 6.38. The Bertz CT molecular complexity index is 931. The van der Waals surface area contributed by atoms with Crippen LogP contribution in [-0.2, 0) is 23.3 Å². The van der Waals surface area contributed by atoms with Crippen LogP contribution < -0.4 is 10.6 Å². The third kappa shape index (κ3) is 5.12. The van der Waals surface area contributed by atoms with Crippen molar-refractivity contribution in [2.24, 2.45) is 0 Å². The second-order valence-electron chi connectivity index (χ2n) is 7.16. The van der Waals surface area contributed by atoms with E-state index in [1.54, 1.807) is 18.4 Å². The highest BCUT2D eigenvalue weighted by atomic mass is 32.1. The lowest BCUT2D eigenvalue weighted by atomic mass is 9.96. The molecule has 3 rings (SSSR count). The third-order valence-electron chi connectivity index (χ3n) is 3.78. The van der Waals surface area contributed by atoms with Gasteiger partial charge in [-0.05, 0) is 5.56 Å². The number of amides is 2. The maximum atomic E-state index is 12.3. The van der Waals surface area contributed by atoms with E-state index in [0.29, 0.717) is 24.1 Å². The summed E-state index contributed by atoms with van der Waals surface area (Å²) in [6, 6.07) is 9.66. The van der Waals surface area contributed by atoms with E-state index in [9.17, 15) is 4.79 Å². The highest BCUT2D eigenvalue weighted by molar-refractivity contribution is 7.15. The van der Waals surface area contributed by atoms with Crippen LogP contribution in [0.15, 0.2) is 30.3 Å². The Labute approximate surface area is 172 Å². The number of benzene rings is 1. The van der Waals surface area contributed by atoms with Crippen molar-refractivity contribution in [2.45, 2.75) is 39.3 Å². The van der Waals surface area contributed by atoms with Gasteiger partial charge in [0.2, 0.25) is 5.13 Å². The van der Waals surface area contributed by atoms with Crippen molar-refractivity contribution in [3.05, 3.63) is 46.9 Å². The van der Waals surface area contributed by atoms with E-state index >= 15 is 0 Å². The van der Waals surface area contributed by atoms with Crippen LogP contribution in [-0.4, -0.2) is 27.5 Å². The zero-order chi connectivity index (χ0) is 20.1. The molecule has 2 heterocycles. The minimum atomic E-state index is -0.336. The molecule has 2 N–H and O–H groups in total. The first-order chi connectivity index (χ1) is 13.4. The number of urea groups is 1. The van der Waals surface area contributed by atoms with E-state index in [0.717, 1.165) is 21.1 Å². The van der Waals surface area contributed by atoms with Gasteiger partial charge in [-0.25, -0.2) is 14.8 Å². The van der Waals surface area contributed by atoms with Crippen LogP contribution in [0.25, 0.3) is 10.4 Å².